The summed E-state index contributed by atoms with van der Waals surface area (Å²) in [5, 5.41) is 3.21. The number of anilines is 1. The fourth-order valence-corrected chi connectivity index (χ4v) is 2.52. The summed E-state index contributed by atoms with van der Waals surface area (Å²) in [7, 11) is 0. The van der Waals surface area contributed by atoms with Crippen molar-refractivity contribution in [2.24, 2.45) is 0 Å². The van der Waals surface area contributed by atoms with Gasteiger partial charge in [0.1, 0.15) is 11.6 Å². The number of amides is 1. The number of hydrogen-bond acceptors (Lipinski definition) is 2. The Morgan fingerprint density at radius 1 is 1.24 bits per heavy atom. The van der Waals surface area contributed by atoms with Crippen LogP contribution in [0.4, 0.5) is 10.1 Å². The first kappa shape index (κ1) is 16.1. The topological polar surface area (TPSA) is 38.3 Å². The van der Waals surface area contributed by atoms with Crippen molar-refractivity contribution in [3.05, 3.63) is 56.7 Å². The summed E-state index contributed by atoms with van der Waals surface area (Å²) in [6.07, 6.45) is 0. The van der Waals surface area contributed by atoms with E-state index >= 15 is 0 Å². The minimum absolute atomic E-state index is 0.121. The predicted molar refractivity (Wildman–Crippen MR) is 84.7 cm³/mol. The summed E-state index contributed by atoms with van der Waals surface area (Å²) in [6.45, 7) is -0.214. The van der Waals surface area contributed by atoms with Gasteiger partial charge in [0.2, 0.25) is 0 Å². The van der Waals surface area contributed by atoms with Gasteiger partial charge in [0, 0.05) is 5.02 Å². The molecule has 2 aromatic rings. The fourth-order valence-electron chi connectivity index (χ4n) is 1.51. The van der Waals surface area contributed by atoms with E-state index in [0.717, 1.165) is 6.07 Å². The fraction of sp³-hybridized carbons (Fsp3) is 0.0714. The Morgan fingerprint density at radius 2 is 2.00 bits per heavy atom. The molecule has 1 N–H and O–H groups in total. The lowest BCUT2D eigenvalue weighted by atomic mass is 10.3. The van der Waals surface area contributed by atoms with Gasteiger partial charge in [-0.3, -0.25) is 4.79 Å². The molecular formula is C14H9BrCl2FNO2. The van der Waals surface area contributed by atoms with Crippen molar-refractivity contribution >= 4 is 50.7 Å². The molecule has 0 fully saturated rings. The van der Waals surface area contributed by atoms with Crippen molar-refractivity contribution < 1.29 is 13.9 Å². The van der Waals surface area contributed by atoms with Gasteiger partial charge in [0.25, 0.3) is 5.91 Å². The summed E-state index contributed by atoms with van der Waals surface area (Å²) in [6, 6.07) is 8.66. The Morgan fingerprint density at radius 3 is 2.67 bits per heavy atom. The van der Waals surface area contributed by atoms with Crippen LogP contribution in [0.25, 0.3) is 0 Å². The number of rotatable bonds is 4. The molecule has 0 atom stereocenters. The highest BCUT2D eigenvalue weighted by Crippen LogP contribution is 2.28. The quantitative estimate of drug-likeness (QED) is 0.802. The van der Waals surface area contributed by atoms with Crippen LogP contribution in [0.3, 0.4) is 0 Å². The van der Waals surface area contributed by atoms with E-state index in [2.05, 4.69) is 21.2 Å². The highest BCUT2D eigenvalue weighted by molar-refractivity contribution is 9.10. The van der Waals surface area contributed by atoms with Crippen molar-refractivity contribution in [1.82, 2.24) is 0 Å². The molecular weight excluding hydrogens is 384 g/mol. The summed E-state index contributed by atoms with van der Waals surface area (Å²) in [4.78, 5) is 11.8. The van der Waals surface area contributed by atoms with Gasteiger partial charge < -0.3 is 10.1 Å². The zero-order valence-electron chi connectivity index (χ0n) is 10.5. The molecule has 0 heterocycles. The first-order valence-electron chi connectivity index (χ1n) is 5.78. The normalized spacial score (nSPS) is 10.3. The maximum absolute atomic E-state index is 12.9. The number of carbonyl (C=O) groups excluding carboxylic acids is 1. The SMILES string of the molecule is O=C(COc1ccc(Cl)cc1Br)Nc1ccc(F)cc1Cl. The average molecular weight is 393 g/mol. The number of benzene rings is 2. The van der Waals surface area contributed by atoms with Crippen molar-refractivity contribution in [1.29, 1.82) is 0 Å². The summed E-state index contributed by atoms with van der Waals surface area (Å²) in [5.74, 6) is -0.399. The van der Waals surface area contributed by atoms with Gasteiger partial charge in [-0.05, 0) is 52.3 Å². The van der Waals surface area contributed by atoms with Gasteiger partial charge in [-0.25, -0.2) is 4.39 Å². The molecule has 0 bridgehead atoms. The lowest BCUT2D eigenvalue weighted by molar-refractivity contribution is -0.118. The smallest absolute Gasteiger partial charge is 0.262 e. The second kappa shape index (κ2) is 7.11. The van der Waals surface area contributed by atoms with Crippen LogP contribution in [-0.2, 0) is 4.79 Å². The summed E-state index contributed by atoms with van der Waals surface area (Å²) < 4.78 is 18.9. The molecule has 2 aromatic carbocycles. The van der Waals surface area contributed by atoms with Crippen molar-refractivity contribution in [3.8, 4) is 5.75 Å². The van der Waals surface area contributed by atoms with E-state index in [1.807, 2.05) is 0 Å². The van der Waals surface area contributed by atoms with Crippen LogP contribution < -0.4 is 10.1 Å². The van der Waals surface area contributed by atoms with Crippen LogP contribution in [0.2, 0.25) is 10.0 Å². The molecule has 0 aliphatic heterocycles. The van der Waals surface area contributed by atoms with Gasteiger partial charge >= 0.3 is 0 Å². The van der Waals surface area contributed by atoms with Crippen LogP contribution in [0.15, 0.2) is 40.9 Å². The van der Waals surface area contributed by atoms with Crippen LogP contribution in [-0.4, -0.2) is 12.5 Å². The van der Waals surface area contributed by atoms with Gasteiger partial charge in [-0.15, -0.1) is 0 Å². The number of hydrogen-bond donors (Lipinski definition) is 1. The lowest BCUT2D eigenvalue weighted by Crippen LogP contribution is -2.20. The molecule has 2 rings (SSSR count). The summed E-state index contributed by atoms with van der Waals surface area (Å²) in [5.41, 5.74) is 0.321. The van der Waals surface area contributed by atoms with E-state index in [1.54, 1.807) is 18.2 Å². The number of nitrogens with one attached hydrogen (secondary N) is 1. The molecule has 0 unspecified atom stereocenters. The van der Waals surface area contributed by atoms with Crippen LogP contribution in [0.1, 0.15) is 0 Å². The van der Waals surface area contributed by atoms with Gasteiger partial charge in [0.15, 0.2) is 6.61 Å². The molecule has 21 heavy (non-hydrogen) atoms. The van der Waals surface area contributed by atoms with E-state index in [9.17, 15) is 9.18 Å². The average Bonchev–Trinajstić information content (AvgIpc) is 2.41. The molecule has 0 aromatic heterocycles. The van der Waals surface area contributed by atoms with Crippen molar-refractivity contribution in [2.75, 3.05) is 11.9 Å². The van der Waals surface area contributed by atoms with E-state index in [-0.39, 0.29) is 11.6 Å². The second-order valence-corrected chi connectivity index (χ2v) is 5.73. The van der Waals surface area contributed by atoms with Gasteiger partial charge in [-0.1, -0.05) is 23.2 Å². The number of carbonyl (C=O) groups is 1. The molecule has 0 aliphatic carbocycles. The van der Waals surface area contributed by atoms with Gasteiger partial charge in [-0.2, -0.15) is 0 Å². The van der Waals surface area contributed by atoms with Crippen LogP contribution >= 0.6 is 39.1 Å². The number of ether oxygens (including phenoxy) is 1. The molecule has 0 radical (unpaired) electrons. The maximum atomic E-state index is 12.9. The first-order valence-corrected chi connectivity index (χ1v) is 7.33. The van der Waals surface area contributed by atoms with Crippen LogP contribution in [0.5, 0.6) is 5.75 Å². The molecule has 1 amide bonds. The molecule has 7 heteroatoms. The standard InChI is InChI=1S/C14H9BrCl2FNO2/c15-10-5-8(16)1-4-13(10)21-7-14(20)19-12-3-2-9(18)6-11(12)17/h1-6H,7H2,(H,19,20). The maximum Gasteiger partial charge on any atom is 0.262 e. The van der Waals surface area contributed by atoms with Crippen LogP contribution in [0, 0.1) is 5.82 Å². The Hall–Kier alpha value is -1.30. The van der Waals surface area contributed by atoms with E-state index in [4.69, 9.17) is 27.9 Å². The highest BCUT2D eigenvalue weighted by atomic mass is 79.9. The molecule has 0 aliphatic rings. The third kappa shape index (κ3) is 4.59. The van der Waals surface area contributed by atoms with Crippen molar-refractivity contribution in [3.63, 3.8) is 0 Å². The van der Waals surface area contributed by atoms with Crippen molar-refractivity contribution in [2.45, 2.75) is 0 Å². The zero-order chi connectivity index (χ0) is 15.4. The third-order valence-corrected chi connectivity index (χ3v) is 3.63. The molecule has 0 saturated carbocycles. The monoisotopic (exact) mass is 391 g/mol. The van der Waals surface area contributed by atoms with E-state index in [1.165, 1.54) is 12.1 Å². The first-order chi connectivity index (χ1) is 9.95. The second-order valence-electron chi connectivity index (χ2n) is 4.04. The Kier molecular flexibility index (Phi) is 5.45. The molecule has 0 saturated heterocycles. The minimum atomic E-state index is -0.473. The Balaban J connectivity index is 1.96. The predicted octanol–water partition coefficient (Wildman–Crippen LogP) is 4.91. The number of halogens is 4. The Bertz CT molecular complexity index is 682. The minimum Gasteiger partial charge on any atom is -0.483 e. The lowest BCUT2D eigenvalue weighted by Gasteiger charge is -2.10. The van der Waals surface area contributed by atoms with E-state index < -0.39 is 11.7 Å². The Labute approximate surface area is 139 Å². The highest BCUT2D eigenvalue weighted by Gasteiger charge is 2.09. The third-order valence-electron chi connectivity index (χ3n) is 2.46. The van der Waals surface area contributed by atoms with E-state index in [0.29, 0.717) is 20.9 Å². The molecule has 0 spiro atoms. The largest absolute Gasteiger partial charge is 0.483 e. The molecule has 3 nitrogen and oxygen atoms in total. The zero-order valence-corrected chi connectivity index (χ0v) is 13.6. The summed E-state index contributed by atoms with van der Waals surface area (Å²) >= 11 is 14.9. The molecule has 110 valence electrons. The van der Waals surface area contributed by atoms with Gasteiger partial charge in [0.05, 0.1) is 15.2 Å².